The van der Waals surface area contributed by atoms with Crippen molar-refractivity contribution >= 4 is 0 Å². The summed E-state index contributed by atoms with van der Waals surface area (Å²) in [6.07, 6.45) is 0.698. The summed E-state index contributed by atoms with van der Waals surface area (Å²) in [7, 11) is 0. The first-order chi connectivity index (χ1) is 6.29. The first-order valence-electron chi connectivity index (χ1n) is 4.31. The van der Waals surface area contributed by atoms with E-state index in [0.717, 1.165) is 11.3 Å². The van der Waals surface area contributed by atoms with E-state index in [1.165, 1.54) is 12.1 Å². The van der Waals surface area contributed by atoms with E-state index in [1.54, 1.807) is 6.07 Å². The van der Waals surface area contributed by atoms with Crippen molar-refractivity contribution in [1.29, 1.82) is 0 Å². The van der Waals surface area contributed by atoms with Crippen LogP contribution in [-0.2, 0) is 6.42 Å². The van der Waals surface area contributed by atoms with Crippen LogP contribution in [0.4, 0.5) is 4.39 Å². The average molecular weight is 182 g/mol. The molecule has 0 saturated heterocycles. The van der Waals surface area contributed by atoms with Gasteiger partial charge in [0.05, 0.1) is 6.61 Å². The summed E-state index contributed by atoms with van der Waals surface area (Å²) in [5.41, 5.74) is 0.852. The zero-order chi connectivity index (χ0) is 9.26. The van der Waals surface area contributed by atoms with Gasteiger partial charge in [-0.15, -0.1) is 0 Å². The molecular weight excluding hydrogens is 171 g/mol. The highest BCUT2D eigenvalue weighted by Crippen LogP contribution is 2.27. The van der Waals surface area contributed by atoms with Gasteiger partial charge in [0.25, 0.3) is 0 Å². The molecule has 0 aromatic heterocycles. The molecule has 1 atom stereocenters. The molecule has 13 heavy (non-hydrogen) atoms. The molecule has 1 aliphatic heterocycles. The van der Waals surface area contributed by atoms with E-state index in [2.05, 4.69) is 0 Å². The molecule has 1 heterocycles. The molecule has 3 heteroatoms. The molecule has 2 nitrogen and oxygen atoms in total. The van der Waals surface area contributed by atoms with Crippen molar-refractivity contribution in [2.45, 2.75) is 6.42 Å². The number of aliphatic hydroxyl groups excluding tert-OH is 1. The summed E-state index contributed by atoms with van der Waals surface area (Å²) in [6, 6.07) is 4.49. The molecule has 1 aliphatic rings. The Hall–Kier alpha value is -1.09. The Balaban J connectivity index is 2.27. The molecule has 0 fully saturated rings. The Labute approximate surface area is 76.0 Å². The minimum absolute atomic E-state index is 0.0932. The second-order valence-electron chi connectivity index (χ2n) is 3.32. The van der Waals surface area contributed by atoms with Gasteiger partial charge in [-0.25, -0.2) is 4.39 Å². The second kappa shape index (κ2) is 3.34. The lowest BCUT2D eigenvalue weighted by atomic mass is 9.97. The van der Waals surface area contributed by atoms with Crippen molar-refractivity contribution < 1.29 is 14.2 Å². The van der Waals surface area contributed by atoms with E-state index in [-0.39, 0.29) is 18.3 Å². The number of hydrogen-bond acceptors (Lipinski definition) is 2. The molecule has 0 spiro atoms. The molecule has 1 aromatic rings. The average Bonchev–Trinajstić information content (AvgIpc) is 2.16. The summed E-state index contributed by atoms with van der Waals surface area (Å²) in [6.45, 7) is 0.616. The lowest BCUT2D eigenvalue weighted by Crippen LogP contribution is -2.23. The van der Waals surface area contributed by atoms with E-state index in [0.29, 0.717) is 13.0 Å². The minimum Gasteiger partial charge on any atom is -0.493 e. The van der Waals surface area contributed by atoms with Crippen LogP contribution in [0, 0.1) is 11.7 Å². The van der Waals surface area contributed by atoms with E-state index in [1.807, 2.05) is 0 Å². The predicted molar refractivity (Wildman–Crippen MR) is 46.2 cm³/mol. The first-order valence-corrected chi connectivity index (χ1v) is 4.31. The highest BCUT2D eigenvalue weighted by molar-refractivity contribution is 5.35. The van der Waals surface area contributed by atoms with Crippen LogP contribution in [0.25, 0.3) is 0 Å². The smallest absolute Gasteiger partial charge is 0.123 e. The summed E-state index contributed by atoms with van der Waals surface area (Å²) < 4.78 is 18.2. The summed E-state index contributed by atoms with van der Waals surface area (Å²) in [5.74, 6) is 0.598. The van der Waals surface area contributed by atoms with Crippen molar-refractivity contribution in [1.82, 2.24) is 0 Å². The normalized spacial score (nSPS) is 20.6. The largest absolute Gasteiger partial charge is 0.493 e. The topological polar surface area (TPSA) is 29.5 Å². The number of halogens is 1. The Morgan fingerprint density at radius 3 is 3.15 bits per heavy atom. The Morgan fingerprint density at radius 2 is 2.38 bits per heavy atom. The van der Waals surface area contributed by atoms with Gasteiger partial charge in [-0.3, -0.25) is 0 Å². The number of benzene rings is 1. The Morgan fingerprint density at radius 1 is 1.54 bits per heavy atom. The molecule has 1 N–H and O–H groups in total. The van der Waals surface area contributed by atoms with E-state index >= 15 is 0 Å². The van der Waals surface area contributed by atoms with Crippen LogP contribution in [0.5, 0.6) is 5.75 Å². The van der Waals surface area contributed by atoms with Crippen LogP contribution in [-0.4, -0.2) is 18.3 Å². The molecule has 1 aromatic carbocycles. The van der Waals surface area contributed by atoms with Gasteiger partial charge in [0, 0.05) is 12.5 Å². The third-order valence-electron chi connectivity index (χ3n) is 2.26. The zero-order valence-corrected chi connectivity index (χ0v) is 7.16. The van der Waals surface area contributed by atoms with Gasteiger partial charge in [0.15, 0.2) is 0 Å². The van der Waals surface area contributed by atoms with Gasteiger partial charge in [-0.1, -0.05) is 0 Å². The molecule has 0 saturated carbocycles. The van der Waals surface area contributed by atoms with Crippen LogP contribution < -0.4 is 4.74 Å². The van der Waals surface area contributed by atoms with E-state index in [9.17, 15) is 4.39 Å². The van der Waals surface area contributed by atoms with Crippen molar-refractivity contribution in [3.8, 4) is 5.75 Å². The first kappa shape index (κ1) is 8.51. The number of fused-ring (bicyclic) bond motifs is 1. The molecule has 0 radical (unpaired) electrons. The maximum absolute atomic E-state index is 12.8. The van der Waals surface area contributed by atoms with Gasteiger partial charge >= 0.3 is 0 Å². The van der Waals surface area contributed by atoms with Crippen molar-refractivity contribution in [3.63, 3.8) is 0 Å². The predicted octanol–water partition coefficient (Wildman–Crippen LogP) is 1.37. The third-order valence-corrected chi connectivity index (χ3v) is 2.26. The van der Waals surface area contributed by atoms with Crippen LogP contribution >= 0.6 is 0 Å². The van der Waals surface area contributed by atoms with Crippen LogP contribution in [0.1, 0.15) is 5.56 Å². The Kier molecular flexibility index (Phi) is 2.19. The number of rotatable bonds is 1. The second-order valence-corrected chi connectivity index (χ2v) is 3.32. The molecule has 0 aliphatic carbocycles. The van der Waals surface area contributed by atoms with Crippen molar-refractivity contribution in [2.75, 3.05) is 13.2 Å². The number of aliphatic hydroxyl groups is 1. The van der Waals surface area contributed by atoms with E-state index < -0.39 is 0 Å². The summed E-state index contributed by atoms with van der Waals surface area (Å²) in [4.78, 5) is 0. The van der Waals surface area contributed by atoms with Crippen LogP contribution in [0.3, 0.4) is 0 Å². The molecule has 2 rings (SSSR count). The molecule has 0 bridgehead atoms. The molecule has 0 amide bonds. The van der Waals surface area contributed by atoms with Crippen molar-refractivity contribution in [3.05, 3.63) is 29.6 Å². The maximum Gasteiger partial charge on any atom is 0.123 e. The monoisotopic (exact) mass is 182 g/mol. The number of hydrogen-bond donors (Lipinski definition) is 1. The maximum atomic E-state index is 12.8. The van der Waals surface area contributed by atoms with E-state index in [4.69, 9.17) is 9.84 Å². The number of ether oxygens (including phenoxy) is 1. The molecule has 70 valence electrons. The van der Waals surface area contributed by atoms with Gasteiger partial charge in [-0.2, -0.15) is 0 Å². The fourth-order valence-corrected chi connectivity index (χ4v) is 1.54. The fraction of sp³-hybridized carbons (Fsp3) is 0.400. The summed E-state index contributed by atoms with van der Waals surface area (Å²) in [5, 5.41) is 8.91. The van der Waals surface area contributed by atoms with Gasteiger partial charge in [0.2, 0.25) is 0 Å². The molecular formula is C10H11FO2. The highest BCUT2D eigenvalue weighted by atomic mass is 19.1. The van der Waals surface area contributed by atoms with Crippen LogP contribution in [0.2, 0.25) is 0 Å². The highest BCUT2D eigenvalue weighted by Gasteiger charge is 2.19. The lowest BCUT2D eigenvalue weighted by Gasteiger charge is -2.23. The minimum atomic E-state index is -0.249. The van der Waals surface area contributed by atoms with Gasteiger partial charge in [-0.05, 0) is 30.2 Å². The summed E-state index contributed by atoms with van der Waals surface area (Å²) >= 11 is 0. The quantitative estimate of drug-likeness (QED) is 0.710. The Bertz CT molecular complexity index is 312. The lowest BCUT2D eigenvalue weighted by molar-refractivity contribution is 0.146. The zero-order valence-electron chi connectivity index (χ0n) is 7.16. The van der Waals surface area contributed by atoms with Gasteiger partial charge in [0.1, 0.15) is 11.6 Å². The molecule has 0 unspecified atom stereocenters. The SMILES string of the molecule is OC[C@@H]1COc2ccc(F)cc2C1. The third kappa shape index (κ3) is 1.65. The fourth-order valence-electron chi connectivity index (χ4n) is 1.54. The van der Waals surface area contributed by atoms with Gasteiger partial charge < -0.3 is 9.84 Å². The van der Waals surface area contributed by atoms with Crippen molar-refractivity contribution in [2.24, 2.45) is 5.92 Å². The van der Waals surface area contributed by atoms with Crippen LogP contribution in [0.15, 0.2) is 18.2 Å². The standard InChI is InChI=1S/C10H11FO2/c11-9-1-2-10-8(4-9)3-7(5-12)6-13-10/h1-2,4,7,12H,3,5-6H2/t7-/m1/s1.